The first-order valence-electron chi connectivity index (χ1n) is 4.61. The van der Waals surface area contributed by atoms with Gasteiger partial charge in [-0.25, -0.2) is 0 Å². The van der Waals surface area contributed by atoms with E-state index in [2.05, 4.69) is 6.92 Å². The van der Waals surface area contributed by atoms with E-state index in [-0.39, 0.29) is 18.0 Å². The van der Waals surface area contributed by atoms with Crippen molar-refractivity contribution in [1.29, 1.82) is 0 Å². The molecular formula is C10H19O2. The van der Waals surface area contributed by atoms with Gasteiger partial charge in [0, 0.05) is 0 Å². The zero-order valence-corrected chi connectivity index (χ0v) is 8.46. The van der Waals surface area contributed by atoms with Gasteiger partial charge in [-0.2, -0.15) is 0 Å². The summed E-state index contributed by atoms with van der Waals surface area (Å²) in [6.45, 7) is 7.74. The van der Waals surface area contributed by atoms with E-state index in [1.165, 1.54) is 0 Å². The summed E-state index contributed by atoms with van der Waals surface area (Å²) in [5, 5.41) is 0. The number of ether oxygens (including phenoxy) is 1. The highest BCUT2D eigenvalue weighted by Crippen LogP contribution is 2.09. The number of hydrogen-bond donors (Lipinski definition) is 0. The predicted molar refractivity (Wildman–Crippen MR) is 49.6 cm³/mol. The molecule has 0 aliphatic heterocycles. The quantitative estimate of drug-likeness (QED) is 0.594. The molecule has 1 radical (unpaired) electrons. The molecule has 0 fully saturated rings. The van der Waals surface area contributed by atoms with Gasteiger partial charge in [0.1, 0.15) is 6.10 Å². The highest BCUT2D eigenvalue weighted by atomic mass is 16.5. The van der Waals surface area contributed by atoms with Crippen LogP contribution in [0.15, 0.2) is 0 Å². The minimum Gasteiger partial charge on any atom is -0.462 e. The second kappa shape index (κ2) is 6.04. The molecule has 0 unspecified atom stereocenters. The van der Waals surface area contributed by atoms with Crippen molar-refractivity contribution in [3.8, 4) is 0 Å². The minimum atomic E-state index is -0.0811. The summed E-state index contributed by atoms with van der Waals surface area (Å²) in [6.07, 6.45) is 3.75. The molecule has 0 aliphatic rings. The summed E-state index contributed by atoms with van der Waals surface area (Å²) in [5.74, 6) is -0.0418. The van der Waals surface area contributed by atoms with Gasteiger partial charge in [-0.1, -0.05) is 27.2 Å². The smallest absolute Gasteiger partial charge is 0.308 e. The molecule has 0 aliphatic carbocycles. The average Bonchev–Trinajstić information content (AvgIpc) is 2.04. The molecule has 0 heterocycles. The van der Waals surface area contributed by atoms with Crippen molar-refractivity contribution >= 4 is 5.97 Å². The second-order valence-electron chi connectivity index (χ2n) is 3.17. The molecule has 2 atom stereocenters. The largest absolute Gasteiger partial charge is 0.462 e. The Bertz CT molecular complexity index is 132. The third kappa shape index (κ3) is 4.37. The van der Waals surface area contributed by atoms with E-state index < -0.39 is 0 Å². The van der Waals surface area contributed by atoms with Crippen molar-refractivity contribution in [2.45, 2.75) is 46.6 Å². The molecule has 0 amide bonds. The lowest BCUT2D eigenvalue weighted by molar-refractivity contribution is -0.151. The Morgan fingerprint density at radius 2 is 2.08 bits per heavy atom. The Labute approximate surface area is 75.3 Å². The maximum Gasteiger partial charge on any atom is 0.308 e. The Morgan fingerprint density at radius 1 is 1.50 bits per heavy atom. The number of carbonyl (C=O) groups excluding carboxylic acids is 1. The average molecular weight is 171 g/mol. The summed E-state index contributed by atoms with van der Waals surface area (Å²) < 4.78 is 5.12. The Morgan fingerprint density at radius 3 is 2.50 bits per heavy atom. The normalized spacial score (nSPS) is 15.3. The summed E-state index contributed by atoms with van der Waals surface area (Å²) in [4.78, 5) is 11.3. The Kier molecular flexibility index (Phi) is 5.77. The van der Waals surface area contributed by atoms with Crippen molar-refractivity contribution in [3.63, 3.8) is 0 Å². The lowest BCUT2D eigenvalue weighted by Gasteiger charge is -2.14. The van der Waals surface area contributed by atoms with E-state index >= 15 is 0 Å². The van der Waals surface area contributed by atoms with Crippen LogP contribution in [0.4, 0.5) is 0 Å². The van der Waals surface area contributed by atoms with Crippen LogP contribution in [0.1, 0.15) is 40.5 Å². The van der Waals surface area contributed by atoms with Gasteiger partial charge in [-0.05, 0) is 19.8 Å². The zero-order valence-electron chi connectivity index (χ0n) is 8.46. The highest BCUT2D eigenvalue weighted by Gasteiger charge is 2.15. The first-order valence-corrected chi connectivity index (χ1v) is 4.61. The van der Waals surface area contributed by atoms with Crippen LogP contribution in [0.25, 0.3) is 0 Å². The van der Waals surface area contributed by atoms with Gasteiger partial charge in [-0.15, -0.1) is 0 Å². The second-order valence-corrected chi connectivity index (χ2v) is 3.17. The molecule has 0 aromatic carbocycles. The Balaban J connectivity index is 3.70. The summed E-state index contributed by atoms with van der Waals surface area (Å²) >= 11 is 0. The van der Waals surface area contributed by atoms with Gasteiger partial charge in [0.05, 0.1) is 5.92 Å². The van der Waals surface area contributed by atoms with E-state index in [4.69, 9.17) is 4.74 Å². The van der Waals surface area contributed by atoms with Crippen molar-refractivity contribution in [3.05, 3.63) is 6.42 Å². The van der Waals surface area contributed by atoms with Crippen molar-refractivity contribution < 1.29 is 9.53 Å². The molecule has 0 saturated carbocycles. The van der Waals surface area contributed by atoms with Gasteiger partial charge in [-0.3, -0.25) is 4.79 Å². The molecular weight excluding hydrogens is 152 g/mol. The number of esters is 1. The van der Waals surface area contributed by atoms with Crippen molar-refractivity contribution in [2.75, 3.05) is 0 Å². The molecule has 0 saturated heterocycles. The van der Waals surface area contributed by atoms with Crippen LogP contribution in [0.3, 0.4) is 0 Å². The predicted octanol–water partition coefficient (Wildman–Crippen LogP) is 2.58. The maximum absolute atomic E-state index is 11.3. The van der Waals surface area contributed by atoms with E-state index in [1.54, 1.807) is 0 Å². The van der Waals surface area contributed by atoms with Crippen LogP contribution in [0, 0.1) is 12.3 Å². The van der Waals surface area contributed by atoms with Crippen LogP contribution in [0.2, 0.25) is 0 Å². The molecule has 2 heteroatoms. The summed E-state index contributed by atoms with van der Waals surface area (Å²) in [5.41, 5.74) is 0. The van der Waals surface area contributed by atoms with Crippen LogP contribution < -0.4 is 0 Å². The van der Waals surface area contributed by atoms with Crippen LogP contribution in [0.5, 0.6) is 0 Å². The Hall–Kier alpha value is -0.530. The number of rotatable bonds is 5. The topological polar surface area (TPSA) is 26.3 Å². The number of carbonyl (C=O) groups is 1. The molecule has 71 valence electrons. The van der Waals surface area contributed by atoms with Crippen molar-refractivity contribution in [2.24, 2.45) is 5.92 Å². The molecule has 2 nitrogen and oxygen atoms in total. The number of hydrogen-bond acceptors (Lipinski definition) is 2. The maximum atomic E-state index is 11.3. The molecule has 0 bridgehead atoms. The van der Waals surface area contributed by atoms with Gasteiger partial charge in [0.25, 0.3) is 0 Å². The molecule has 12 heavy (non-hydrogen) atoms. The van der Waals surface area contributed by atoms with Crippen molar-refractivity contribution in [1.82, 2.24) is 0 Å². The fourth-order valence-corrected chi connectivity index (χ4v) is 0.918. The lowest BCUT2D eigenvalue weighted by atomic mass is 10.1. The first kappa shape index (κ1) is 11.5. The van der Waals surface area contributed by atoms with E-state index in [0.29, 0.717) is 0 Å². The summed E-state index contributed by atoms with van der Waals surface area (Å²) in [7, 11) is 0. The highest BCUT2D eigenvalue weighted by molar-refractivity contribution is 5.72. The third-order valence-electron chi connectivity index (χ3n) is 1.90. The van der Waals surface area contributed by atoms with Crippen LogP contribution in [-0.4, -0.2) is 12.1 Å². The van der Waals surface area contributed by atoms with Gasteiger partial charge >= 0.3 is 5.97 Å². The van der Waals surface area contributed by atoms with E-state index in [1.807, 2.05) is 27.2 Å². The molecule has 0 aromatic rings. The fraction of sp³-hybridized carbons (Fsp3) is 0.800. The fourth-order valence-electron chi connectivity index (χ4n) is 0.918. The first-order chi connectivity index (χ1) is 5.61. The monoisotopic (exact) mass is 171 g/mol. The van der Waals surface area contributed by atoms with E-state index in [9.17, 15) is 4.79 Å². The molecule has 0 aromatic heterocycles. The standard InChI is InChI=1S/C10H19O2/c1-5-7-8(3)10(11)12-9(4)6-2/h6,8-9H,5,7H2,1-4H3/t8-,9+/m0/s1. The molecule has 0 N–H and O–H groups in total. The van der Waals surface area contributed by atoms with Gasteiger partial charge < -0.3 is 4.74 Å². The summed E-state index contributed by atoms with van der Waals surface area (Å²) in [6, 6.07) is 0. The lowest BCUT2D eigenvalue weighted by Crippen LogP contribution is -2.20. The zero-order chi connectivity index (χ0) is 9.56. The molecule has 0 rings (SSSR count). The SMILES string of the molecule is C[CH][C@@H](C)OC(=O)[C@@H](C)CCC. The van der Waals surface area contributed by atoms with Crippen LogP contribution in [-0.2, 0) is 9.53 Å². The van der Waals surface area contributed by atoms with Crippen LogP contribution >= 0.6 is 0 Å². The third-order valence-corrected chi connectivity index (χ3v) is 1.90. The van der Waals surface area contributed by atoms with E-state index in [0.717, 1.165) is 12.8 Å². The van der Waals surface area contributed by atoms with Gasteiger partial charge in [0.15, 0.2) is 0 Å². The minimum absolute atomic E-state index is 0.0393. The molecule has 0 spiro atoms. The van der Waals surface area contributed by atoms with Gasteiger partial charge in [0.2, 0.25) is 0 Å².